The van der Waals surface area contributed by atoms with Gasteiger partial charge in [0.1, 0.15) is 11.9 Å². The van der Waals surface area contributed by atoms with Gasteiger partial charge in [-0.05, 0) is 48.9 Å². The number of aliphatic hydroxyl groups is 1. The summed E-state index contributed by atoms with van der Waals surface area (Å²) in [7, 11) is 1.46. The molecule has 1 aliphatic heterocycles. The van der Waals surface area contributed by atoms with Gasteiger partial charge in [-0.1, -0.05) is 13.8 Å². The van der Waals surface area contributed by atoms with Gasteiger partial charge in [0.05, 0.1) is 30.1 Å². The Morgan fingerprint density at radius 3 is 2.66 bits per heavy atom. The summed E-state index contributed by atoms with van der Waals surface area (Å²) >= 11 is 0. The molecule has 1 aliphatic carbocycles. The number of fused-ring (bicyclic) bond motifs is 4. The van der Waals surface area contributed by atoms with Crippen LogP contribution >= 0.6 is 0 Å². The molecule has 0 fully saturated rings. The van der Waals surface area contributed by atoms with Crippen molar-refractivity contribution >= 4 is 17.2 Å². The van der Waals surface area contributed by atoms with Crippen molar-refractivity contribution in [3.8, 4) is 11.4 Å². The Balaban J connectivity index is 0.00000119. The fraction of sp³-hybridized carbons (Fsp3) is 0.400. The SMILES string of the molecule is CC.COCc1c(C(O)C=O)cc2n(c1=O)Cc1c-2nc2cc(F)c(C)c3c2c1CCC3. The van der Waals surface area contributed by atoms with Gasteiger partial charge in [-0.25, -0.2) is 9.37 Å². The smallest absolute Gasteiger partial charge is 0.257 e. The predicted octanol–water partition coefficient (Wildman–Crippen LogP) is 3.77. The van der Waals surface area contributed by atoms with Crippen molar-refractivity contribution in [1.82, 2.24) is 9.55 Å². The molecule has 1 atom stereocenters. The van der Waals surface area contributed by atoms with Crippen LogP contribution < -0.4 is 5.56 Å². The summed E-state index contributed by atoms with van der Waals surface area (Å²) in [5.74, 6) is -0.277. The number of methoxy groups -OCH3 is 1. The topological polar surface area (TPSA) is 81.4 Å². The largest absolute Gasteiger partial charge is 0.381 e. The van der Waals surface area contributed by atoms with Gasteiger partial charge in [-0.3, -0.25) is 4.79 Å². The molecule has 0 radical (unpaired) electrons. The molecule has 32 heavy (non-hydrogen) atoms. The number of aromatic nitrogens is 2. The standard InChI is InChI=1S/C23H21FN2O4.C2H6/c1-11-12-4-3-5-13-15-8-26-19(22(15)25-18(21(12)13)7-17(11)24)6-14(20(28)9-27)16(10-30-2)23(26)29;1-2/h6-7,9,20,28H,3-5,8,10H2,1-2H3;1-2H3. The number of carbonyl (C=O) groups excluding carboxylic acids is 1. The van der Waals surface area contributed by atoms with Gasteiger partial charge in [0.15, 0.2) is 6.29 Å². The Morgan fingerprint density at radius 1 is 1.25 bits per heavy atom. The molecule has 168 valence electrons. The van der Waals surface area contributed by atoms with Crippen molar-refractivity contribution in [1.29, 1.82) is 0 Å². The van der Waals surface area contributed by atoms with E-state index in [-0.39, 0.29) is 29.1 Å². The van der Waals surface area contributed by atoms with Crippen LogP contribution in [0.4, 0.5) is 4.39 Å². The Kier molecular flexibility index (Phi) is 5.97. The first-order chi connectivity index (χ1) is 15.5. The molecular weight excluding hydrogens is 411 g/mol. The summed E-state index contributed by atoms with van der Waals surface area (Å²) in [6.45, 7) is 6.16. The molecule has 0 bridgehead atoms. The van der Waals surface area contributed by atoms with E-state index in [0.29, 0.717) is 35.3 Å². The van der Waals surface area contributed by atoms with Crippen molar-refractivity contribution in [3.05, 3.63) is 61.7 Å². The molecule has 7 heteroatoms. The van der Waals surface area contributed by atoms with Gasteiger partial charge in [-0.15, -0.1) is 0 Å². The second-order valence-corrected chi connectivity index (χ2v) is 8.00. The van der Waals surface area contributed by atoms with Crippen LogP contribution in [0, 0.1) is 12.7 Å². The highest BCUT2D eigenvalue weighted by molar-refractivity contribution is 5.92. The van der Waals surface area contributed by atoms with E-state index in [4.69, 9.17) is 9.72 Å². The van der Waals surface area contributed by atoms with Crippen LogP contribution in [0.1, 0.15) is 59.8 Å². The van der Waals surface area contributed by atoms with E-state index in [0.717, 1.165) is 41.3 Å². The normalized spacial score (nSPS) is 14.4. The number of carbonyl (C=O) groups is 1. The molecule has 0 saturated heterocycles. The van der Waals surface area contributed by atoms with E-state index >= 15 is 0 Å². The van der Waals surface area contributed by atoms with Crippen molar-refractivity contribution in [3.63, 3.8) is 0 Å². The van der Waals surface area contributed by atoms with Gasteiger partial charge in [0.2, 0.25) is 0 Å². The number of halogens is 1. The number of rotatable bonds is 4. The maximum Gasteiger partial charge on any atom is 0.257 e. The van der Waals surface area contributed by atoms with Crippen molar-refractivity contribution in [2.24, 2.45) is 0 Å². The summed E-state index contributed by atoms with van der Waals surface area (Å²) in [5, 5.41) is 11.2. The minimum atomic E-state index is -1.43. The highest BCUT2D eigenvalue weighted by Gasteiger charge is 2.31. The van der Waals surface area contributed by atoms with Crippen LogP contribution in [0.2, 0.25) is 0 Å². The highest BCUT2D eigenvalue weighted by Crippen LogP contribution is 2.41. The third-order valence-corrected chi connectivity index (χ3v) is 6.40. The van der Waals surface area contributed by atoms with Crippen LogP contribution in [-0.2, 0) is 35.5 Å². The molecule has 0 saturated carbocycles. The van der Waals surface area contributed by atoms with Gasteiger partial charge >= 0.3 is 0 Å². The number of hydrogen-bond donors (Lipinski definition) is 1. The predicted molar refractivity (Wildman–Crippen MR) is 120 cm³/mol. The first-order valence-corrected chi connectivity index (χ1v) is 11.0. The zero-order valence-corrected chi connectivity index (χ0v) is 18.8. The molecule has 0 amide bonds. The summed E-state index contributed by atoms with van der Waals surface area (Å²) in [5.41, 5.74) is 5.67. The van der Waals surface area contributed by atoms with E-state index in [2.05, 4.69) is 0 Å². The molecule has 3 aromatic rings. The zero-order valence-electron chi connectivity index (χ0n) is 18.8. The Bertz CT molecular complexity index is 1300. The molecule has 3 heterocycles. The second kappa shape index (κ2) is 8.56. The van der Waals surface area contributed by atoms with Crippen LogP contribution in [0.25, 0.3) is 22.3 Å². The first-order valence-electron chi connectivity index (χ1n) is 11.0. The summed E-state index contributed by atoms with van der Waals surface area (Å²) in [6.07, 6.45) is 1.54. The minimum absolute atomic E-state index is 0.00743. The number of aryl methyl sites for hydroxylation is 2. The molecule has 2 aromatic heterocycles. The monoisotopic (exact) mass is 438 g/mol. The van der Waals surface area contributed by atoms with E-state index < -0.39 is 6.10 Å². The number of pyridine rings is 2. The third kappa shape index (κ3) is 3.19. The van der Waals surface area contributed by atoms with Crippen LogP contribution in [-0.4, -0.2) is 28.1 Å². The van der Waals surface area contributed by atoms with Crippen LogP contribution in [0.5, 0.6) is 0 Å². The zero-order chi connectivity index (χ0) is 23.2. The molecule has 0 spiro atoms. The number of benzene rings is 1. The van der Waals surface area contributed by atoms with Gasteiger partial charge in [0, 0.05) is 35.3 Å². The van der Waals surface area contributed by atoms with Gasteiger partial charge in [0.25, 0.3) is 5.56 Å². The molecular formula is C25H27FN2O4. The lowest BCUT2D eigenvalue weighted by atomic mass is 9.85. The maximum absolute atomic E-state index is 14.5. The number of aliphatic hydroxyl groups excluding tert-OH is 1. The highest BCUT2D eigenvalue weighted by atomic mass is 19.1. The van der Waals surface area contributed by atoms with Gasteiger partial charge < -0.3 is 19.2 Å². The average Bonchev–Trinajstić information content (AvgIpc) is 3.19. The number of hydrogen-bond acceptors (Lipinski definition) is 5. The molecule has 5 rings (SSSR count). The number of nitrogens with zero attached hydrogens (tertiary/aromatic N) is 2. The first kappa shape index (κ1) is 22.3. The van der Waals surface area contributed by atoms with Crippen LogP contribution in [0.15, 0.2) is 16.9 Å². The van der Waals surface area contributed by atoms with Crippen molar-refractivity contribution in [2.45, 2.75) is 59.3 Å². The summed E-state index contributed by atoms with van der Waals surface area (Å²) in [4.78, 5) is 29.2. The lowest BCUT2D eigenvalue weighted by Gasteiger charge is -2.21. The van der Waals surface area contributed by atoms with Crippen molar-refractivity contribution < 1.29 is 19.0 Å². The van der Waals surface area contributed by atoms with E-state index in [1.807, 2.05) is 13.8 Å². The Morgan fingerprint density at radius 2 is 1.97 bits per heavy atom. The quantitative estimate of drug-likeness (QED) is 0.491. The van der Waals surface area contributed by atoms with E-state index in [1.54, 1.807) is 17.6 Å². The third-order valence-electron chi connectivity index (χ3n) is 6.40. The Labute approximate surface area is 185 Å². The number of ether oxygens (including phenoxy) is 1. The van der Waals surface area contributed by atoms with Crippen molar-refractivity contribution in [2.75, 3.05) is 7.11 Å². The fourth-order valence-corrected chi connectivity index (χ4v) is 4.95. The molecule has 1 aromatic carbocycles. The minimum Gasteiger partial charge on any atom is -0.381 e. The lowest BCUT2D eigenvalue weighted by molar-refractivity contribution is -0.115. The van der Waals surface area contributed by atoms with E-state index in [1.165, 1.54) is 13.2 Å². The maximum atomic E-state index is 14.5. The van der Waals surface area contributed by atoms with E-state index in [9.17, 15) is 19.1 Å². The fourth-order valence-electron chi connectivity index (χ4n) is 4.95. The summed E-state index contributed by atoms with van der Waals surface area (Å²) in [6, 6.07) is 3.10. The lowest BCUT2D eigenvalue weighted by Crippen LogP contribution is -2.26. The number of aldehydes is 1. The van der Waals surface area contributed by atoms with Crippen LogP contribution in [0.3, 0.4) is 0 Å². The molecule has 1 unspecified atom stereocenters. The summed E-state index contributed by atoms with van der Waals surface area (Å²) < 4.78 is 21.3. The van der Waals surface area contributed by atoms with Gasteiger partial charge in [-0.2, -0.15) is 0 Å². The molecule has 2 aliphatic rings. The average molecular weight is 438 g/mol. The molecule has 1 N–H and O–H groups in total. The second-order valence-electron chi connectivity index (χ2n) is 8.00. The Hall–Kier alpha value is -2.90. The molecule has 6 nitrogen and oxygen atoms in total.